The van der Waals surface area contributed by atoms with Crippen molar-refractivity contribution in [3.05, 3.63) is 35.4 Å². The lowest BCUT2D eigenvalue weighted by atomic mass is 9.85. The Kier molecular flexibility index (Phi) is 4.86. The van der Waals surface area contributed by atoms with Crippen LogP contribution >= 0.6 is 11.6 Å². The van der Waals surface area contributed by atoms with E-state index in [1.54, 1.807) is 4.90 Å². The fourth-order valence-corrected chi connectivity index (χ4v) is 3.38. The van der Waals surface area contributed by atoms with Gasteiger partial charge in [0.2, 0.25) is 0 Å². The maximum atomic E-state index is 13.2. The third-order valence-corrected chi connectivity index (χ3v) is 4.79. The largest absolute Gasteiger partial charge is 0.333 e. The van der Waals surface area contributed by atoms with E-state index in [-0.39, 0.29) is 11.0 Å². The average Bonchev–Trinajstić information content (AvgIpc) is 2.78. The second kappa shape index (κ2) is 6.19. The zero-order valence-corrected chi connectivity index (χ0v) is 14.6. The number of amides is 1. The maximum Gasteiger partial charge on any atom is 0.273 e. The van der Waals surface area contributed by atoms with Crippen molar-refractivity contribution in [1.82, 2.24) is 4.90 Å². The third kappa shape index (κ3) is 3.62. The molecule has 1 aromatic rings. The first kappa shape index (κ1) is 17.3. The zero-order valence-electron chi connectivity index (χ0n) is 13.8. The van der Waals surface area contributed by atoms with Crippen LogP contribution in [0.1, 0.15) is 51.7 Å². The lowest BCUT2D eigenvalue weighted by molar-refractivity contribution is -0.137. The zero-order chi connectivity index (χ0) is 16.5. The molecular weight excluding hydrogens is 301 g/mol. The van der Waals surface area contributed by atoms with E-state index in [1.807, 2.05) is 6.92 Å². The highest BCUT2D eigenvalue weighted by molar-refractivity contribution is 6.29. The van der Waals surface area contributed by atoms with Gasteiger partial charge < -0.3 is 4.90 Å². The first-order valence-electron chi connectivity index (χ1n) is 7.82. The molecule has 1 saturated heterocycles. The van der Waals surface area contributed by atoms with Crippen LogP contribution < -0.4 is 0 Å². The fraction of sp³-hybridized carbons (Fsp3) is 0.611. The molecule has 2 atom stereocenters. The number of hydrogen-bond acceptors (Lipinski definition) is 1. The van der Waals surface area contributed by atoms with Gasteiger partial charge in [-0.05, 0) is 42.7 Å². The Labute approximate surface area is 137 Å². The van der Waals surface area contributed by atoms with Gasteiger partial charge in [0.15, 0.2) is 0 Å². The van der Waals surface area contributed by atoms with Gasteiger partial charge in [-0.1, -0.05) is 56.6 Å². The molecule has 0 aromatic heterocycles. The molecule has 22 heavy (non-hydrogen) atoms. The number of carbonyl (C=O) groups excluding carboxylic acids is 1. The van der Waals surface area contributed by atoms with Gasteiger partial charge in [-0.2, -0.15) is 0 Å². The molecule has 0 bridgehead atoms. The topological polar surface area (TPSA) is 20.3 Å². The maximum absolute atomic E-state index is 13.2. The van der Waals surface area contributed by atoms with Crippen LogP contribution in [0.3, 0.4) is 0 Å². The van der Waals surface area contributed by atoms with Crippen molar-refractivity contribution in [3.8, 4) is 0 Å². The van der Waals surface area contributed by atoms with Crippen molar-refractivity contribution in [2.75, 3.05) is 6.54 Å². The van der Waals surface area contributed by atoms with Crippen LogP contribution in [0.5, 0.6) is 0 Å². The summed E-state index contributed by atoms with van der Waals surface area (Å²) in [7, 11) is 0. The number of benzene rings is 1. The predicted octanol–water partition coefficient (Wildman–Crippen LogP) is 4.44. The van der Waals surface area contributed by atoms with E-state index in [0.717, 1.165) is 19.3 Å². The summed E-state index contributed by atoms with van der Waals surface area (Å²) < 4.78 is 13.2. The molecule has 0 spiro atoms. The number of alkyl halides is 2. The summed E-state index contributed by atoms with van der Waals surface area (Å²) in [5.74, 6) is -0.604. The van der Waals surface area contributed by atoms with Crippen molar-refractivity contribution < 1.29 is 9.18 Å². The summed E-state index contributed by atoms with van der Waals surface area (Å²) in [6, 6.07) is 8.50. The molecule has 2 unspecified atom stereocenters. The lowest BCUT2D eigenvalue weighted by Gasteiger charge is -2.35. The summed E-state index contributed by atoms with van der Waals surface area (Å²) in [6.07, 6.45) is 2.50. The van der Waals surface area contributed by atoms with Gasteiger partial charge >= 0.3 is 0 Å². The summed E-state index contributed by atoms with van der Waals surface area (Å²) in [4.78, 5) is 13.6. The SMILES string of the molecule is CC(C)(C)c1ccc(CC2(C)CCCN2C(=O)C(F)Cl)cc1. The fourth-order valence-electron chi connectivity index (χ4n) is 3.26. The van der Waals surface area contributed by atoms with Gasteiger partial charge in [-0.3, -0.25) is 4.79 Å². The molecule has 0 saturated carbocycles. The quantitative estimate of drug-likeness (QED) is 0.752. The van der Waals surface area contributed by atoms with Crippen LogP contribution in [0.15, 0.2) is 24.3 Å². The van der Waals surface area contributed by atoms with E-state index in [4.69, 9.17) is 11.6 Å². The van der Waals surface area contributed by atoms with Crippen molar-refractivity contribution in [3.63, 3.8) is 0 Å². The van der Waals surface area contributed by atoms with Gasteiger partial charge in [0.25, 0.3) is 11.5 Å². The van der Waals surface area contributed by atoms with Crippen LogP contribution in [-0.4, -0.2) is 28.5 Å². The van der Waals surface area contributed by atoms with E-state index in [1.165, 1.54) is 11.1 Å². The molecule has 2 rings (SSSR count). The molecule has 1 aromatic carbocycles. The Balaban J connectivity index is 2.16. The molecule has 0 N–H and O–H groups in total. The highest BCUT2D eigenvalue weighted by Crippen LogP contribution is 2.34. The van der Waals surface area contributed by atoms with E-state index in [2.05, 4.69) is 45.0 Å². The number of nitrogens with zero attached hydrogens (tertiary/aromatic N) is 1. The molecular formula is C18H25ClFNO. The van der Waals surface area contributed by atoms with Crippen LogP contribution in [0, 0.1) is 0 Å². The summed E-state index contributed by atoms with van der Waals surface area (Å²) in [5.41, 5.74) is 0.281. The first-order valence-corrected chi connectivity index (χ1v) is 8.26. The van der Waals surface area contributed by atoms with E-state index in [0.29, 0.717) is 6.54 Å². The minimum absolute atomic E-state index is 0.123. The standard InChI is InChI=1S/C18H25ClFNO/c1-17(2,3)14-8-6-13(7-9-14)12-18(4)10-5-11-21(18)16(22)15(19)20/h6-9,15H,5,10-12H2,1-4H3. The van der Waals surface area contributed by atoms with Crippen molar-refractivity contribution >= 4 is 17.5 Å². The van der Waals surface area contributed by atoms with Gasteiger partial charge in [-0.25, -0.2) is 4.39 Å². The first-order chi connectivity index (χ1) is 10.1. The number of likely N-dealkylation sites (tertiary alicyclic amines) is 1. The highest BCUT2D eigenvalue weighted by atomic mass is 35.5. The molecule has 0 aliphatic carbocycles. The van der Waals surface area contributed by atoms with Crippen LogP contribution in [0.2, 0.25) is 0 Å². The minimum Gasteiger partial charge on any atom is -0.333 e. The molecule has 1 fully saturated rings. The van der Waals surface area contributed by atoms with Gasteiger partial charge in [0, 0.05) is 12.1 Å². The second-order valence-electron chi connectivity index (χ2n) is 7.51. The van der Waals surface area contributed by atoms with E-state index < -0.39 is 11.5 Å². The monoisotopic (exact) mass is 325 g/mol. The summed E-state index contributed by atoms with van der Waals surface area (Å²) in [6.45, 7) is 9.16. The molecule has 2 nitrogen and oxygen atoms in total. The van der Waals surface area contributed by atoms with Crippen molar-refractivity contribution in [2.45, 2.75) is 63.5 Å². The highest BCUT2D eigenvalue weighted by Gasteiger charge is 2.41. The predicted molar refractivity (Wildman–Crippen MR) is 88.9 cm³/mol. The molecule has 122 valence electrons. The van der Waals surface area contributed by atoms with Crippen LogP contribution in [0.25, 0.3) is 0 Å². The lowest BCUT2D eigenvalue weighted by Crippen LogP contribution is -2.48. The van der Waals surface area contributed by atoms with Crippen molar-refractivity contribution in [2.24, 2.45) is 0 Å². The smallest absolute Gasteiger partial charge is 0.273 e. The van der Waals surface area contributed by atoms with Crippen LogP contribution in [0.4, 0.5) is 4.39 Å². The molecule has 1 aliphatic heterocycles. The normalized spacial score (nSPS) is 23.6. The number of carbonyl (C=O) groups is 1. The summed E-state index contributed by atoms with van der Waals surface area (Å²) in [5, 5.41) is 0. The number of hydrogen-bond donors (Lipinski definition) is 0. The van der Waals surface area contributed by atoms with E-state index in [9.17, 15) is 9.18 Å². The van der Waals surface area contributed by atoms with Gasteiger partial charge in [-0.15, -0.1) is 0 Å². The number of halogens is 2. The van der Waals surface area contributed by atoms with Gasteiger partial charge in [0.05, 0.1) is 0 Å². The molecule has 1 heterocycles. The number of rotatable bonds is 3. The Bertz CT molecular complexity index is 535. The minimum atomic E-state index is -1.94. The molecule has 1 aliphatic rings. The Morgan fingerprint density at radius 2 is 1.95 bits per heavy atom. The second-order valence-corrected chi connectivity index (χ2v) is 7.90. The molecule has 1 amide bonds. The Morgan fingerprint density at radius 1 is 1.36 bits per heavy atom. The molecule has 4 heteroatoms. The molecule has 0 radical (unpaired) electrons. The van der Waals surface area contributed by atoms with Gasteiger partial charge in [0.1, 0.15) is 0 Å². The van der Waals surface area contributed by atoms with E-state index >= 15 is 0 Å². The van der Waals surface area contributed by atoms with Crippen LogP contribution in [-0.2, 0) is 16.6 Å². The summed E-state index contributed by atoms with van der Waals surface area (Å²) >= 11 is 5.35. The third-order valence-electron chi connectivity index (χ3n) is 4.61. The average molecular weight is 326 g/mol. The Hall–Kier alpha value is -1.09. The Morgan fingerprint density at radius 3 is 2.45 bits per heavy atom. The van der Waals surface area contributed by atoms with Crippen molar-refractivity contribution in [1.29, 1.82) is 0 Å².